The lowest BCUT2D eigenvalue weighted by molar-refractivity contribution is 0.413. The summed E-state index contributed by atoms with van der Waals surface area (Å²) in [6.45, 7) is 6.61. The molecule has 0 fully saturated rings. The maximum absolute atomic E-state index is 5.23. The van der Waals surface area contributed by atoms with E-state index in [0.717, 1.165) is 12.2 Å². The van der Waals surface area contributed by atoms with Crippen molar-refractivity contribution in [2.45, 2.75) is 39.3 Å². The first-order valence-electron chi connectivity index (χ1n) is 7.61. The molecule has 0 heterocycles. The fourth-order valence-corrected chi connectivity index (χ4v) is 2.75. The Labute approximate surface area is 128 Å². The molecule has 2 aromatic rings. The lowest BCUT2D eigenvalue weighted by Crippen LogP contribution is -2.24. The Morgan fingerprint density at radius 1 is 1.05 bits per heavy atom. The number of benzene rings is 2. The Morgan fingerprint density at radius 2 is 1.71 bits per heavy atom. The Kier molecular flexibility index (Phi) is 5.40. The number of ether oxygens (including phenoxy) is 1. The van der Waals surface area contributed by atoms with Crippen molar-refractivity contribution in [3.63, 3.8) is 0 Å². The maximum atomic E-state index is 5.23. The largest absolute Gasteiger partial charge is 0.497 e. The molecular formula is C19H25NO. The Balaban J connectivity index is 2.13. The van der Waals surface area contributed by atoms with Crippen LogP contribution < -0.4 is 10.1 Å². The lowest BCUT2D eigenvalue weighted by Gasteiger charge is -2.24. The molecule has 0 radical (unpaired) electrons. The molecule has 2 atom stereocenters. The van der Waals surface area contributed by atoms with E-state index in [1.807, 2.05) is 12.1 Å². The van der Waals surface area contributed by atoms with Crippen LogP contribution in [-0.4, -0.2) is 7.11 Å². The van der Waals surface area contributed by atoms with Crippen molar-refractivity contribution in [3.8, 4) is 5.75 Å². The third kappa shape index (κ3) is 3.85. The number of hydrogen-bond acceptors (Lipinski definition) is 2. The number of nitrogens with one attached hydrogen (secondary N) is 1. The normalized spacial score (nSPS) is 13.7. The highest BCUT2D eigenvalue weighted by atomic mass is 16.5. The Bertz CT molecular complexity index is 562. The summed E-state index contributed by atoms with van der Waals surface area (Å²) in [5, 5.41) is 3.74. The molecule has 0 bridgehead atoms. The van der Waals surface area contributed by atoms with Crippen LogP contribution in [0.3, 0.4) is 0 Å². The summed E-state index contributed by atoms with van der Waals surface area (Å²) in [5.74, 6) is 0.903. The third-order valence-corrected chi connectivity index (χ3v) is 4.03. The van der Waals surface area contributed by atoms with Crippen LogP contribution in [0.25, 0.3) is 0 Å². The average Bonchev–Trinajstić information content (AvgIpc) is 2.53. The van der Waals surface area contributed by atoms with Crippen molar-refractivity contribution in [1.82, 2.24) is 5.32 Å². The molecule has 0 aliphatic rings. The quantitative estimate of drug-likeness (QED) is 0.821. The number of rotatable bonds is 6. The fourth-order valence-electron chi connectivity index (χ4n) is 2.75. The second kappa shape index (κ2) is 7.28. The van der Waals surface area contributed by atoms with E-state index in [1.54, 1.807) is 7.11 Å². The minimum atomic E-state index is 0.332. The van der Waals surface area contributed by atoms with Gasteiger partial charge in [-0.15, -0.1) is 0 Å². The van der Waals surface area contributed by atoms with Gasteiger partial charge in [-0.25, -0.2) is 0 Å². The van der Waals surface area contributed by atoms with Crippen molar-refractivity contribution < 1.29 is 4.74 Å². The zero-order valence-electron chi connectivity index (χ0n) is 13.4. The van der Waals surface area contributed by atoms with Gasteiger partial charge in [-0.1, -0.05) is 43.3 Å². The summed E-state index contributed by atoms with van der Waals surface area (Å²) in [6.07, 6.45) is 1.06. The lowest BCUT2D eigenvalue weighted by atomic mass is 9.99. The van der Waals surface area contributed by atoms with Crippen LogP contribution in [0, 0.1) is 6.92 Å². The van der Waals surface area contributed by atoms with Gasteiger partial charge in [-0.05, 0) is 49.1 Å². The molecule has 0 saturated carbocycles. The molecule has 2 nitrogen and oxygen atoms in total. The molecule has 0 aromatic heterocycles. The molecule has 21 heavy (non-hydrogen) atoms. The van der Waals surface area contributed by atoms with Gasteiger partial charge in [0, 0.05) is 12.1 Å². The first-order chi connectivity index (χ1) is 10.2. The second-order valence-corrected chi connectivity index (χ2v) is 5.48. The molecule has 0 aliphatic heterocycles. The monoisotopic (exact) mass is 283 g/mol. The SMILES string of the molecule is CCC(NC(C)c1ccccc1C)c1ccc(OC)cc1. The fraction of sp³-hybridized carbons (Fsp3) is 0.368. The zero-order chi connectivity index (χ0) is 15.2. The predicted octanol–water partition coefficient (Wildman–Crippen LogP) is 4.81. The van der Waals surface area contributed by atoms with E-state index in [9.17, 15) is 0 Å². The summed E-state index contributed by atoms with van der Waals surface area (Å²) in [7, 11) is 1.70. The van der Waals surface area contributed by atoms with Gasteiger partial charge in [0.05, 0.1) is 7.11 Å². The molecular weight excluding hydrogens is 258 g/mol. The zero-order valence-corrected chi connectivity index (χ0v) is 13.4. The summed E-state index contributed by atoms with van der Waals surface area (Å²) in [5.41, 5.74) is 4.00. The van der Waals surface area contributed by atoms with E-state index in [1.165, 1.54) is 16.7 Å². The minimum Gasteiger partial charge on any atom is -0.497 e. The van der Waals surface area contributed by atoms with Crippen LogP contribution in [0.4, 0.5) is 0 Å². The van der Waals surface area contributed by atoms with Crippen LogP contribution in [0.1, 0.15) is 49.0 Å². The molecule has 1 N–H and O–H groups in total. The van der Waals surface area contributed by atoms with Crippen molar-refractivity contribution in [2.75, 3.05) is 7.11 Å². The number of methoxy groups -OCH3 is 1. The predicted molar refractivity (Wildman–Crippen MR) is 88.8 cm³/mol. The Hall–Kier alpha value is -1.80. The highest BCUT2D eigenvalue weighted by molar-refractivity contribution is 5.31. The first-order valence-corrected chi connectivity index (χ1v) is 7.61. The number of hydrogen-bond donors (Lipinski definition) is 1. The van der Waals surface area contributed by atoms with E-state index in [2.05, 4.69) is 62.5 Å². The third-order valence-electron chi connectivity index (χ3n) is 4.03. The van der Waals surface area contributed by atoms with Gasteiger partial charge < -0.3 is 10.1 Å². The van der Waals surface area contributed by atoms with Gasteiger partial charge in [-0.2, -0.15) is 0 Å². The van der Waals surface area contributed by atoms with Gasteiger partial charge in [0.1, 0.15) is 5.75 Å². The maximum Gasteiger partial charge on any atom is 0.118 e. The van der Waals surface area contributed by atoms with Gasteiger partial charge in [0.15, 0.2) is 0 Å². The molecule has 2 unspecified atom stereocenters. The van der Waals surface area contributed by atoms with Crippen LogP contribution in [0.2, 0.25) is 0 Å². The van der Waals surface area contributed by atoms with Crippen molar-refractivity contribution in [1.29, 1.82) is 0 Å². The summed E-state index contributed by atoms with van der Waals surface area (Å²) in [4.78, 5) is 0. The van der Waals surface area contributed by atoms with Gasteiger partial charge >= 0.3 is 0 Å². The van der Waals surface area contributed by atoms with E-state index in [-0.39, 0.29) is 0 Å². The first kappa shape index (κ1) is 15.6. The van der Waals surface area contributed by atoms with Crippen molar-refractivity contribution in [3.05, 3.63) is 65.2 Å². The number of aryl methyl sites for hydroxylation is 1. The molecule has 2 aromatic carbocycles. The van der Waals surface area contributed by atoms with Crippen molar-refractivity contribution >= 4 is 0 Å². The minimum absolute atomic E-state index is 0.332. The van der Waals surface area contributed by atoms with Gasteiger partial charge in [-0.3, -0.25) is 0 Å². The summed E-state index contributed by atoms with van der Waals surface area (Å²) >= 11 is 0. The molecule has 2 heteroatoms. The average molecular weight is 283 g/mol. The van der Waals surface area contributed by atoms with E-state index in [4.69, 9.17) is 4.74 Å². The molecule has 0 spiro atoms. The van der Waals surface area contributed by atoms with Gasteiger partial charge in [0.2, 0.25) is 0 Å². The van der Waals surface area contributed by atoms with Crippen molar-refractivity contribution in [2.24, 2.45) is 0 Å². The molecule has 2 rings (SSSR count). The standard InChI is InChI=1S/C19H25NO/c1-5-19(16-10-12-17(21-4)13-11-16)20-15(3)18-9-7-6-8-14(18)2/h6-13,15,19-20H,5H2,1-4H3. The summed E-state index contributed by atoms with van der Waals surface area (Å²) < 4.78 is 5.23. The van der Waals surface area contributed by atoms with E-state index >= 15 is 0 Å². The van der Waals surface area contributed by atoms with E-state index < -0.39 is 0 Å². The molecule has 112 valence electrons. The molecule has 0 aliphatic carbocycles. The van der Waals surface area contributed by atoms with Crippen LogP contribution in [0.15, 0.2) is 48.5 Å². The van der Waals surface area contributed by atoms with E-state index in [0.29, 0.717) is 12.1 Å². The smallest absolute Gasteiger partial charge is 0.118 e. The topological polar surface area (TPSA) is 21.3 Å². The summed E-state index contributed by atoms with van der Waals surface area (Å²) in [6, 6.07) is 17.6. The van der Waals surface area contributed by atoms with Gasteiger partial charge in [0.25, 0.3) is 0 Å². The van der Waals surface area contributed by atoms with Crippen LogP contribution >= 0.6 is 0 Å². The highest BCUT2D eigenvalue weighted by Gasteiger charge is 2.14. The van der Waals surface area contributed by atoms with Crippen LogP contribution in [-0.2, 0) is 0 Å². The highest BCUT2D eigenvalue weighted by Crippen LogP contribution is 2.25. The molecule has 0 amide bonds. The van der Waals surface area contributed by atoms with Crippen LogP contribution in [0.5, 0.6) is 5.75 Å². The second-order valence-electron chi connectivity index (χ2n) is 5.48. The Morgan fingerprint density at radius 3 is 2.29 bits per heavy atom. The molecule has 0 saturated heterocycles.